The van der Waals surface area contributed by atoms with E-state index in [1.54, 1.807) is 17.8 Å². The van der Waals surface area contributed by atoms with Crippen molar-refractivity contribution in [2.24, 2.45) is 5.92 Å². The molecule has 1 aliphatic rings. The van der Waals surface area contributed by atoms with Gasteiger partial charge in [-0.15, -0.1) is 11.8 Å². The topological polar surface area (TPSA) is 23.6 Å². The van der Waals surface area contributed by atoms with Crippen molar-refractivity contribution >= 4 is 34.9 Å². The average molecular weight is 453 g/mol. The Bertz CT molecular complexity index is 1040. The second kappa shape index (κ2) is 10.5. The van der Waals surface area contributed by atoms with Gasteiger partial charge in [0.05, 0.1) is 5.92 Å². The molecular weight excluding hydrogens is 419 g/mol. The number of nitrogens with zero attached hydrogens (tertiary/aromatic N) is 2. The Hall–Kier alpha value is -2.37. The normalized spacial score (nSPS) is 15.4. The number of hydrogen-bond acceptors (Lipinski definition) is 3. The van der Waals surface area contributed by atoms with E-state index >= 15 is 0 Å². The number of amides is 1. The quantitative estimate of drug-likeness (QED) is 0.465. The highest BCUT2D eigenvalue weighted by Crippen LogP contribution is 2.46. The second-order valence-electron chi connectivity index (χ2n) is 8.50. The number of hydrogen-bond donors (Lipinski definition) is 0. The van der Waals surface area contributed by atoms with Gasteiger partial charge in [0.1, 0.15) is 5.82 Å². The molecule has 3 nitrogen and oxygen atoms in total. The first-order valence-corrected chi connectivity index (χ1v) is 12.3. The molecule has 2 aromatic rings. The van der Waals surface area contributed by atoms with Gasteiger partial charge in [0, 0.05) is 24.5 Å². The van der Waals surface area contributed by atoms with Crippen molar-refractivity contribution in [1.82, 2.24) is 9.80 Å². The first-order chi connectivity index (χ1) is 15.3. The van der Waals surface area contributed by atoms with Gasteiger partial charge in [-0.1, -0.05) is 18.2 Å². The molecule has 2 aromatic carbocycles. The van der Waals surface area contributed by atoms with E-state index in [4.69, 9.17) is 0 Å². The number of benzene rings is 2. The van der Waals surface area contributed by atoms with Gasteiger partial charge in [-0.2, -0.15) is 0 Å². The molecule has 0 spiro atoms. The van der Waals surface area contributed by atoms with E-state index < -0.39 is 0 Å². The minimum absolute atomic E-state index is 0.0875. The van der Waals surface area contributed by atoms with Gasteiger partial charge < -0.3 is 9.80 Å². The second-order valence-corrected chi connectivity index (χ2v) is 9.38. The molecule has 0 bridgehead atoms. The van der Waals surface area contributed by atoms with E-state index in [1.807, 2.05) is 38.9 Å². The Morgan fingerprint density at radius 1 is 1.09 bits per heavy atom. The van der Waals surface area contributed by atoms with Crippen LogP contribution < -0.4 is 0 Å². The maximum Gasteiger partial charge on any atom is 0.229 e. The molecule has 0 saturated heterocycles. The lowest BCUT2D eigenvalue weighted by Gasteiger charge is -2.27. The lowest BCUT2D eigenvalue weighted by atomic mass is 9.92. The standard InChI is InChI=1S/C27H33FN2OS/c1-7-30(15-14-29(4)5)27(31)19(3)26-18(2)24(23-13-10-21(28)17-25(23)26)16-20-8-11-22(32-6)12-9-20/h8-13,16-17,19H,7,14-15H2,1-6H3/b24-16-. The minimum Gasteiger partial charge on any atom is -0.341 e. The lowest BCUT2D eigenvalue weighted by molar-refractivity contribution is -0.133. The highest BCUT2D eigenvalue weighted by Gasteiger charge is 2.32. The Morgan fingerprint density at radius 3 is 2.38 bits per heavy atom. The van der Waals surface area contributed by atoms with Crippen molar-refractivity contribution in [3.8, 4) is 0 Å². The maximum absolute atomic E-state index is 14.3. The number of halogens is 1. The van der Waals surface area contributed by atoms with Gasteiger partial charge in [0.2, 0.25) is 5.91 Å². The molecule has 32 heavy (non-hydrogen) atoms. The lowest BCUT2D eigenvalue weighted by Crippen LogP contribution is -2.39. The molecule has 0 N–H and O–H groups in total. The van der Waals surface area contributed by atoms with Crippen LogP contribution in [0.1, 0.15) is 37.5 Å². The Balaban J connectivity index is 2.02. The van der Waals surface area contributed by atoms with Gasteiger partial charge in [-0.05, 0) is 105 Å². The van der Waals surface area contributed by atoms with E-state index in [2.05, 4.69) is 48.4 Å². The van der Waals surface area contributed by atoms with Crippen LogP contribution in [-0.4, -0.2) is 55.7 Å². The molecule has 3 rings (SSSR count). The minimum atomic E-state index is -0.345. The molecule has 1 atom stereocenters. The van der Waals surface area contributed by atoms with Crippen LogP contribution >= 0.6 is 11.8 Å². The summed E-state index contributed by atoms with van der Waals surface area (Å²) in [6.45, 7) is 8.16. The summed E-state index contributed by atoms with van der Waals surface area (Å²) in [5.41, 5.74) is 5.95. The van der Waals surface area contributed by atoms with Crippen LogP contribution in [0.4, 0.5) is 4.39 Å². The largest absolute Gasteiger partial charge is 0.341 e. The Labute approximate surface area is 196 Å². The predicted octanol–water partition coefficient (Wildman–Crippen LogP) is 5.92. The highest BCUT2D eigenvalue weighted by molar-refractivity contribution is 7.98. The molecular formula is C27H33FN2OS. The first kappa shape index (κ1) is 24.3. The molecule has 0 aromatic heterocycles. The van der Waals surface area contributed by atoms with Crippen molar-refractivity contribution < 1.29 is 9.18 Å². The van der Waals surface area contributed by atoms with Crippen molar-refractivity contribution in [3.63, 3.8) is 0 Å². The number of likely N-dealkylation sites (N-methyl/N-ethyl adjacent to an activating group) is 2. The number of carbonyl (C=O) groups is 1. The number of thioether (sulfide) groups is 1. The molecule has 170 valence electrons. The number of allylic oxidation sites excluding steroid dienone is 2. The molecule has 0 radical (unpaired) electrons. The Morgan fingerprint density at radius 2 is 1.78 bits per heavy atom. The van der Waals surface area contributed by atoms with Gasteiger partial charge in [0.15, 0.2) is 0 Å². The van der Waals surface area contributed by atoms with Crippen LogP contribution in [0.2, 0.25) is 0 Å². The summed E-state index contributed by atoms with van der Waals surface area (Å²) in [5, 5.41) is 0. The molecule has 0 saturated carbocycles. The zero-order valence-corrected chi connectivity index (χ0v) is 20.7. The smallest absolute Gasteiger partial charge is 0.229 e. The summed E-state index contributed by atoms with van der Waals surface area (Å²) < 4.78 is 14.3. The van der Waals surface area contributed by atoms with Crippen molar-refractivity contribution in [1.29, 1.82) is 0 Å². The maximum atomic E-state index is 14.3. The van der Waals surface area contributed by atoms with Crippen LogP contribution in [-0.2, 0) is 4.79 Å². The summed E-state index contributed by atoms with van der Waals surface area (Å²) >= 11 is 1.71. The van der Waals surface area contributed by atoms with Gasteiger partial charge in [0.25, 0.3) is 0 Å². The van der Waals surface area contributed by atoms with Crippen LogP contribution in [0.15, 0.2) is 52.9 Å². The number of rotatable bonds is 8. The Kier molecular flexibility index (Phi) is 7.96. The summed E-state index contributed by atoms with van der Waals surface area (Å²) in [4.78, 5) is 18.6. The molecule has 5 heteroatoms. The molecule has 0 heterocycles. The van der Waals surface area contributed by atoms with E-state index in [1.165, 1.54) is 11.0 Å². The first-order valence-electron chi connectivity index (χ1n) is 11.1. The molecule has 1 aliphatic carbocycles. The summed E-state index contributed by atoms with van der Waals surface area (Å²) in [6.07, 6.45) is 4.20. The average Bonchev–Trinajstić information content (AvgIpc) is 3.04. The third kappa shape index (κ3) is 5.16. The van der Waals surface area contributed by atoms with Crippen LogP contribution in [0.3, 0.4) is 0 Å². The van der Waals surface area contributed by atoms with Gasteiger partial charge >= 0.3 is 0 Å². The zero-order valence-electron chi connectivity index (χ0n) is 19.9. The van der Waals surface area contributed by atoms with Crippen LogP contribution in [0, 0.1) is 11.7 Å². The monoisotopic (exact) mass is 452 g/mol. The van der Waals surface area contributed by atoms with Gasteiger partial charge in [-0.3, -0.25) is 4.79 Å². The molecule has 1 unspecified atom stereocenters. The molecule has 1 amide bonds. The molecule has 0 fully saturated rings. The number of fused-ring (bicyclic) bond motifs is 1. The van der Waals surface area contributed by atoms with E-state index in [9.17, 15) is 9.18 Å². The van der Waals surface area contributed by atoms with Crippen molar-refractivity contribution in [2.75, 3.05) is 40.0 Å². The summed E-state index contributed by atoms with van der Waals surface area (Å²) in [6, 6.07) is 13.3. The predicted molar refractivity (Wildman–Crippen MR) is 135 cm³/mol. The zero-order chi connectivity index (χ0) is 23.4. The van der Waals surface area contributed by atoms with E-state index in [0.29, 0.717) is 13.1 Å². The van der Waals surface area contributed by atoms with Crippen LogP contribution in [0.25, 0.3) is 17.2 Å². The highest BCUT2D eigenvalue weighted by atomic mass is 32.2. The van der Waals surface area contributed by atoms with E-state index in [0.717, 1.165) is 40.0 Å². The fraction of sp³-hybridized carbons (Fsp3) is 0.370. The van der Waals surface area contributed by atoms with Crippen molar-refractivity contribution in [3.05, 3.63) is 70.5 Å². The molecule has 0 aliphatic heterocycles. The fourth-order valence-electron chi connectivity index (χ4n) is 4.28. The van der Waals surface area contributed by atoms with Crippen molar-refractivity contribution in [2.45, 2.75) is 25.7 Å². The van der Waals surface area contributed by atoms with E-state index in [-0.39, 0.29) is 17.6 Å². The summed E-state index contributed by atoms with van der Waals surface area (Å²) in [7, 11) is 4.01. The SMILES string of the molecule is CCN(CCN(C)C)C(=O)C(C)C1=C(C)/C(=C/c2ccc(SC)cc2)c2ccc(F)cc21. The third-order valence-corrected chi connectivity index (χ3v) is 6.85. The third-order valence-electron chi connectivity index (χ3n) is 6.11. The number of carbonyl (C=O) groups excluding carboxylic acids is 1. The summed E-state index contributed by atoms with van der Waals surface area (Å²) in [5.74, 6) is -0.536. The fourth-order valence-corrected chi connectivity index (χ4v) is 4.68. The van der Waals surface area contributed by atoms with Gasteiger partial charge in [-0.25, -0.2) is 4.39 Å². The van der Waals surface area contributed by atoms with Crippen LogP contribution in [0.5, 0.6) is 0 Å².